The van der Waals surface area contributed by atoms with Crippen LogP contribution >= 0.6 is 0 Å². The summed E-state index contributed by atoms with van der Waals surface area (Å²) in [5, 5.41) is 19.2. The SMILES string of the molecule is COc1ccc(N/N=C\C=N)c(C(=O)O)n1. The van der Waals surface area contributed by atoms with E-state index in [1.165, 1.54) is 25.5 Å². The highest BCUT2D eigenvalue weighted by atomic mass is 16.5. The monoisotopic (exact) mass is 222 g/mol. The Hall–Kier alpha value is -2.44. The van der Waals surface area contributed by atoms with Crippen LogP contribution in [0.5, 0.6) is 5.88 Å². The fourth-order valence-corrected chi connectivity index (χ4v) is 0.952. The molecular weight excluding hydrogens is 212 g/mol. The Morgan fingerprint density at radius 2 is 2.44 bits per heavy atom. The van der Waals surface area contributed by atoms with Crippen LogP contribution in [0.1, 0.15) is 10.5 Å². The van der Waals surface area contributed by atoms with Crippen LogP contribution in [-0.4, -0.2) is 35.6 Å². The number of hydrogen-bond acceptors (Lipinski definition) is 6. The van der Waals surface area contributed by atoms with Crippen molar-refractivity contribution in [1.29, 1.82) is 5.41 Å². The molecule has 0 aliphatic heterocycles. The second kappa shape index (κ2) is 5.44. The zero-order valence-corrected chi connectivity index (χ0v) is 8.47. The number of nitrogens with one attached hydrogen (secondary N) is 2. The van der Waals surface area contributed by atoms with Gasteiger partial charge in [0.2, 0.25) is 5.88 Å². The number of hydrogen-bond donors (Lipinski definition) is 3. The number of hydrazone groups is 1. The minimum absolute atomic E-state index is 0.193. The first-order valence-electron chi connectivity index (χ1n) is 4.25. The maximum atomic E-state index is 10.9. The second-order valence-corrected chi connectivity index (χ2v) is 2.61. The summed E-state index contributed by atoms with van der Waals surface area (Å²) < 4.78 is 4.81. The molecule has 16 heavy (non-hydrogen) atoms. The van der Waals surface area contributed by atoms with E-state index in [0.717, 1.165) is 6.21 Å². The molecule has 0 atom stereocenters. The van der Waals surface area contributed by atoms with E-state index in [2.05, 4.69) is 15.5 Å². The lowest BCUT2D eigenvalue weighted by Gasteiger charge is -2.05. The van der Waals surface area contributed by atoms with E-state index in [0.29, 0.717) is 0 Å². The molecule has 0 saturated carbocycles. The molecule has 1 rings (SSSR count). The van der Waals surface area contributed by atoms with Gasteiger partial charge in [-0.25, -0.2) is 9.78 Å². The second-order valence-electron chi connectivity index (χ2n) is 2.61. The number of pyridine rings is 1. The number of anilines is 1. The average molecular weight is 222 g/mol. The Morgan fingerprint density at radius 1 is 1.69 bits per heavy atom. The molecule has 1 aromatic rings. The number of rotatable bonds is 5. The molecule has 84 valence electrons. The van der Waals surface area contributed by atoms with Crippen LogP contribution in [0.25, 0.3) is 0 Å². The van der Waals surface area contributed by atoms with Gasteiger partial charge >= 0.3 is 5.97 Å². The highest BCUT2D eigenvalue weighted by Crippen LogP contribution is 2.17. The smallest absolute Gasteiger partial charge is 0.356 e. The molecule has 7 nitrogen and oxygen atoms in total. The molecule has 0 bridgehead atoms. The van der Waals surface area contributed by atoms with Crippen LogP contribution < -0.4 is 10.2 Å². The molecule has 1 heterocycles. The number of ether oxygens (including phenoxy) is 1. The summed E-state index contributed by atoms with van der Waals surface area (Å²) in [5.74, 6) is -0.981. The van der Waals surface area contributed by atoms with Crippen LogP contribution in [0, 0.1) is 5.41 Å². The Bertz CT molecular complexity index is 431. The standard InChI is InChI=1S/C9H10N4O3/c1-16-7-3-2-6(13-11-5-4-10)8(12-7)9(14)15/h2-5,10,13H,1H3,(H,14,15)/b10-4?,11-5-. The molecule has 7 heteroatoms. The molecule has 3 N–H and O–H groups in total. The minimum atomic E-state index is -1.19. The van der Waals surface area contributed by atoms with Crippen molar-refractivity contribution in [3.05, 3.63) is 17.8 Å². The zero-order chi connectivity index (χ0) is 12.0. The fourth-order valence-electron chi connectivity index (χ4n) is 0.952. The van der Waals surface area contributed by atoms with Crippen LogP contribution in [-0.2, 0) is 0 Å². The number of nitrogens with zero attached hydrogens (tertiary/aromatic N) is 2. The normalized spacial score (nSPS) is 10.1. The first-order chi connectivity index (χ1) is 7.69. The predicted octanol–water partition coefficient (Wildman–Crippen LogP) is 0.836. The Balaban J connectivity index is 3.02. The van der Waals surface area contributed by atoms with E-state index in [-0.39, 0.29) is 17.3 Å². The van der Waals surface area contributed by atoms with Gasteiger partial charge in [-0.1, -0.05) is 0 Å². The Morgan fingerprint density at radius 3 is 3.00 bits per heavy atom. The molecule has 0 aliphatic rings. The maximum absolute atomic E-state index is 10.9. The molecular formula is C9H10N4O3. The molecule has 0 spiro atoms. The summed E-state index contributed by atoms with van der Waals surface area (Å²) in [5.41, 5.74) is 2.50. The molecule has 0 aromatic carbocycles. The molecule has 0 aliphatic carbocycles. The first kappa shape index (κ1) is 11.6. The van der Waals surface area contributed by atoms with E-state index in [9.17, 15) is 4.79 Å². The first-order valence-corrected chi connectivity index (χ1v) is 4.25. The lowest BCUT2D eigenvalue weighted by atomic mass is 10.3. The summed E-state index contributed by atoms with van der Waals surface area (Å²) >= 11 is 0. The van der Waals surface area contributed by atoms with Crippen molar-refractivity contribution in [2.45, 2.75) is 0 Å². The van der Waals surface area contributed by atoms with E-state index in [1.54, 1.807) is 0 Å². The van der Waals surface area contributed by atoms with Crippen molar-refractivity contribution >= 4 is 24.1 Å². The van der Waals surface area contributed by atoms with E-state index in [4.69, 9.17) is 15.3 Å². The van der Waals surface area contributed by atoms with Gasteiger partial charge in [0.05, 0.1) is 19.0 Å². The van der Waals surface area contributed by atoms with Gasteiger partial charge < -0.3 is 15.3 Å². The minimum Gasteiger partial charge on any atom is -0.481 e. The number of methoxy groups -OCH3 is 1. The van der Waals surface area contributed by atoms with Crippen molar-refractivity contribution in [3.8, 4) is 5.88 Å². The number of carboxylic acids is 1. The topological polar surface area (TPSA) is 108 Å². The van der Waals surface area contributed by atoms with Gasteiger partial charge in [-0.05, 0) is 6.07 Å². The summed E-state index contributed by atoms with van der Waals surface area (Å²) in [4.78, 5) is 14.6. The van der Waals surface area contributed by atoms with Gasteiger partial charge in [0.15, 0.2) is 5.69 Å². The van der Waals surface area contributed by atoms with Crippen LogP contribution in [0.15, 0.2) is 17.2 Å². The largest absolute Gasteiger partial charge is 0.481 e. The third kappa shape index (κ3) is 2.77. The van der Waals surface area contributed by atoms with Gasteiger partial charge in [0, 0.05) is 12.3 Å². The van der Waals surface area contributed by atoms with Crippen molar-refractivity contribution in [3.63, 3.8) is 0 Å². The molecule has 0 saturated heterocycles. The molecule has 0 radical (unpaired) electrons. The highest BCUT2D eigenvalue weighted by Gasteiger charge is 2.12. The summed E-state index contributed by atoms with van der Waals surface area (Å²) in [6.45, 7) is 0. The van der Waals surface area contributed by atoms with Crippen LogP contribution in [0.4, 0.5) is 5.69 Å². The highest BCUT2D eigenvalue weighted by molar-refractivity contribution is 6.14. The molecule has 0 amide bonds. The lowest BCUT2D eigenvalue weighted by Crippen LogP contribution is -2.06. The summed E-state index contributed by atoms with van der Waals surface area (Å²) in [6.07, 6.45) is 2.14. The van der Waals surface area contributed by atoms with E-state index >= 15 is 0 Å². The molecule has 0 unspecified atom stereocenters. The third-order valence-electron chi connectivity index (χ3n) is 1.62. The summed E-state index contributed by atoms with van der Waals surface area (Å²) in [7, 11) is 1.40. The fraction of sp³-hybridized carbons (Fsp3) is 0.111. The van der Waals surface area contributed by atoms with Gasteiger partial charge in [0.25, 0.3) is 0 Å². The van der Waals surface area contributed by atoms with Crippen LogP contribution in [0.2, 0.25) is 0 Å². The Labute approximate surface area is 91.3 Å². The molecule has 0 fully saturated rings. The average Bonchev–Trinajstić information content (AvgIpc) is 2.29. The van der Waals surface area contributed by atoms with E-state index < -0.39 is 5.97 Å². The Kier molecular flexibility index (Phi) is 3.96. The number of aromatic nitrogens is 1. The third-order valence-corrected chi connectivity index (χ3v) is 1.62. The lowest BCUT2D eigenvalue weighted by molar-refractivity contribution is 0.0690. The van der Waals surface area contributed by atoms with Gasteiger partial charge in [-0.15, -0.1) is 0 Å². The summed E-state index contributed by atoms with van der Waals surface area (Å²) in [6, 6.07) is 2.99. The molecule has 1 aromatic heterocycles. The predicted molar refractivity (Wildman–Crippen MR) is 58.6 cm³/mol. The maximum Gasteiger partial charge on any atom is 0.356 e. The van der Waals surface area contributed by atoms with Gasteiger partial charge in [-0.3, -0.25) is 5.43 Å². The van der Waals surface area contributed by atoms with Crippen molar-refractivity contribution in [1.82, 2.24) is 4.98 Å². The van der Waals surface area contributed by atoms with Crippen molar-refractivity contribution in [2.75, 3.05) is 12.5 Å². The zero-order valence-electron chi connectivity index (χ0n) is 8.47. The number of carbonyl (C=O) groups is 1. The van der Waals surface area contributed by atoms with E-state index in [1.807, 2.05) is 0 Å². The number of carboxylic acid groups (broad SMARTS) is 1. The van der Waals surface area contributed by atoms with Crippen LogP contribution in [0.3, 0.4) is 0 Å². The van der Waals surface area contributed by atoms with Crippen molar-refractivity contribution in [2.24, 2.45) is 5.10 Å². The quantitative estimate of drug-likeness (QED) is 0.505. The van der Waals surface area contributed by atoms with Gasteiger partial charge in [0.1, 0.15) is 0 Å². The van der Waals surface area contributed by atoms with Gasteiger partial charge in [-0.2, -0.15) is 5.10 Å². The van der Waals surface area contributed by atoms with Crippen molar-refractivity contribution < 1.29 is 14.6 Å². The number of aromatic carboxylic acids is 1.